The SMILES string of the molecule is O=C(O)C1C(CO)OC2CC(=O)N21. The molecular weight excluding hydrogens is 178 g/mol. The van der Waals surface area contributed by atoms with E-state index >= 15 is 0 Å². The highest BCUT2D eigenvalue weighted by atomic mass is 16.5. The summed E-state index contributed by atoms with van der Waals surface area (Å²) >= 11 is 0. The average molecular weight is 187 g/mol. The zero-order valence-electron chi connectivity index (χ0n) is 6.71. The molecule has 0 bridgehead atoms. The monoisotopic (exact) mass is 187 g/mol. The third-order valence-corrected chi connectivity index (χ3v) is 2.36. The molecule has 0 radical (unpaired) electrons. The number of hydrogen-bond acceptors (Lipinski definition) is 4. The summed E-state index contributed by atoms with van der Waals surface area (Å²) in [5.41, 5.74) is 0. The van der Waals surface area contributed by atoms with E-state index in [1.54, 1.807) is 0 Å². The molecule has 0 aliphatic carbocycles. The van der Waals surface area contributed by atoms with Crippen LogP contribution in [0.2, 0.25) is 0 Å². The van der Waals surface area contributed by atoms with E-state index in [4.69, 9.17) is 14.9 Å². The predicted octanol–water partition coefficient (Wildman–Crippen LogP) is -1.61. The number of aliphatic hydroxyl groups excluding tert-OH is 1. The molecule has 0 aromatic carbocycles. The minimum Gasteiger partial charge on any atom is -0.480 e. The van der Waals surface area contributed by atoms with Gasteiger partial charge in [-0.3, -0.25) is 9.69 Å². The third-order valence-electron chi connectivity index (χ3n) is 2.36. The van der Waals surface area contributed by atoms with Crippen LogP contribution in [0.4, 0.5) is 0 Å². The Morgan fingerprint density at radius 1 is 1.69 bits per heavy atom. The van der Waals surface area contributed by atoms with Crippen molar-refractivity contribution in [3.8, 4) is 0 Å². The Labute approximate surface area is 73.7 Å². The molecule has 1 amide bonds. The molecule has 3 atom stereocenters. The molecule has 0 spiro atoms. The largest absolute Gasteiger partial charge is 0.480 e. The molecule has 0 saturated carbocycles. The van der Waals surface area contributed by atoms with Crippen LogP contribution < -0.4 is 0 Å². The first kappa shape index (κ1) is 8.46. The number of carbonyl (C=O) groups excluding carboxylic acids is 1. The van der Waals surface area contributed by atoms with Gasteiger partial charge in [0.15, 0.2) is 6.04 Å². The first-order chi connectivity index (χ1) is 6.15. The second-order valence-electron chi connectivity index (χ2n) is 3.10. The second kappa shape index (κ2) is 2.68. The lowest BCUT2D eigenvalue weighted by molar-refractivity contribution is -0.163. The third kappa shape index (κ3) is 1.02. The zero-order valence-corrected chi connectivity index (χ0v) is 6.71. The van der Waals surface area contributed by atoms with Crippen molar-refractivity contribution in [3.05, 3.63) is 0 Å². The van der Waals surface area contributed by atoms with E-state index in [2.05, 4.69) is 0 Å². The van der Waals surface area contributed by atoms with Gasteiger partial charge in [-0.2, -0.15) is 0 Å². The van der Waals surface area contributed by atoms with Crippen molar-refractivity contribution in [2.45, 2.75) is 24.8 Å². The number of β-lactam (4-membered cyclic amide) rings is 1. The van der Waals surface area contributed by atoms with Crippen molar-refractivity contribution < 1.29 is 24.5 Å². The maximum atomic E-state index is 11.0. The minimum atomic E-state index is -1.13. The maximum Gasteiger partial charge on any atom is 0.329 e. The lowest BCUT2D eigenvalue weighted by atomic mass is 10.1. The van der Waals surface area contributed by atoms with Gasteiger partial charge in [0.1, 0.15) is 12.3 Å². The van der Waals surface area contributed by atoms with Crippen molar-refractivity contribution in [2.24, 2.45) is 0 Å². The van der Waals surface area contributed by atoms with Gasteiger partial charge in [0.2, 0.25) is 5.91 Å². The smallest absolute Gasteiger partial charge is 0.329 e. The number of carbonyl (C=O) groups is 2. The van der Waals surface area contributed by atoms with Crippen molar-refractivity contribution in [2.75, 3.05) is 6.61 Å². The van der Waals surface area contributed by atoms with Crippen LogP contribution >= 0.6 is 0 Å². The van der Waals surface area contributed by atoms with Gasteiger partial charge >= 0.3 is 5.97 Å². The van der Waals surface area contributed by atoms with Crippen molar-refractivity contribution in [1.29, 1.82) is 0 Å². The highest BCUT2D eigenvalue weighted by Crippen LogP contribution is 2.33. The van der Waals surface area contributed by atoms with Gasteiger partial charge in [-0.05, 0) is 0 Å². The summed E-state index contributed by atoms with van der Waals surface area (Å²) in [6, 6.07) is -1.02. The highest BCUT2D eigenvalue weighted by molar-refractivity contribution is 5.89. The summed E-state index contributed by atoms with van der Waals surface area (Å²) in [7, 11) is 0. The van der Waals surface area contributed by atoms with E-state index < -0.39 is 24.3 Å². The number of aliphatic carboxylic acids is 1. The summed E-state index contributed by atoms with van der Waals surface area (Å²) in [5, 5.41) is 17.6. The van der Waals surface area contributed by atoms with E-state index in [0.717, 1.165) is 0 Å². The van der Waals surface area contributed by atoms with Crippen LogP contribution in [0.15, 0.2) is 0 Å². The molecule has 2 aliphatic heterocycles. The summed E-state index contributed by atoms with van der Waals surface area (Å²) in [5.74, 6) is -1.36. The average Bonchev–Trinajstić information content (AvgIpc) is 2.37. The second-order valence-corrected chi connectivity index (χ2v) is 3.10. The predicted molar refractivity (Wildman–Crippen MR) is 38.6 cm³/mol. The van der Waals surface area contributed by atoms with Gasteiger partial charge in [0.25, 0.3) is 0 Å². The molecule has 0 aromatic rings. The number of carboxylic acids is 1. The fraction of sp³-hybridized carbons (Fsp3) is 0.714. The van der Waals surface area contributed by atoms with Crippen molar-refractivity contribution in [1.82, 2.24) is 4.90 Å². The standard InChI is InChI=1S/C7H9NO5/c9-2-3-6(7(11)12)8-4(10)1-5(8)13-3/h3,5-6,9H,1-2H2,(H,11,12). The van der Waals surface area contributed by atoms with Crippen LogP contribution in [0.1, 0.15) is 6.42 Å². The Morgan fingerprint density at radius 2 is 2.38 bits per heavy atom. The molecule has 2 aliphatic rings. The Morgan fingerprint density at radius 3 is 2.85 bits per heavy atom. The summed E-state index contributed by atoms with van der Waals surface area (Å²) in [6.07, 6.45) is -1.00. The van der Waals surface area contributed by atoms with E-state index in [0.29, 0.717) is 0 Å². The molecule has 2 heterocycles. The first-order valence-electron chi connectivity index (χ1n) is 3.95. The number of carboxylic acid groups (broad SMARTS) is 1. The molecule has 2 saturated heterocycles. The number of ether oxygens (including phenoxy) is 1. The Balaban J connectivity index is 2.19. The Bertz CT molecular complexity index is 266. The van der Waals surface area contributed by atoms with Crippen LogP contribution in [0.5, 0.6) is 0 Å². The van der Waals surface area contributed by atoms with Crippen molar-refractivity contribution >= 4 is 11.9 Å². The molecule has 0 aromatic heterocycles. The topological polar surface area (TPSA) is 87.1 Å². The van der Waals surface area contributed by atoms with Crippen molar-refractivity contribution in [3.63, 3.8) is 0 Å². The van der Waals surface area contributed by atoms with Gasteiger partial charge in [-0.15, -0.1) is 0 Å². The van der Waals surface area contributed by atoms with E-state index in [-0.39, 0.29) is 18.9 Å². The lowest BCUT2D eigenvalue weighted by Crippen LogP contribution is -2.55. The molecule has 13 heavy (non-hydrogen) atoms. The van der Waals surface area contributed by atoms with Gasteiger partial charge in [0, 0.05) is 0 Å². The molecular formula is C7H9NO5. The number of aliphatic hydroxyl groups is 1. The molecule has 2 N–H and O–H groups in total. The minimum absolute atomic E-state index is 0.222. The number of rotatable bonds is 2. The zero-order chi connectivity index (χ0) is 9.59. The Hall–Kier alpha value is -1.14. The number of hydrogen-bond donors (Lipinski definition) is 2. The Kier molecular flexibility index (Phi) is 1.74. The van der Waals surface area contributed by atoms with Gasteiger partial charge in [-0.1, -0.05) is 0 Å². The van der Waals surface area contributed by atoms with E-state index in [9.17, 15) is 9.59 Å². The molecule has 6 heteroatoms. The summed E-state index contributed by atoms with van der Waals surface area (Å²) in [6.45, 7) is -0.378. The van der Waals surface area contributed by atoms with Crippen LogP contribution in [0, 0.1) is 0 Å². The fourth-order valence-corrected chi connectivity index (χ4v) is 1.73. The summed E-state index contributed by atoms with van der Waals surface area (Å²) in [4.78, 5) is 22.9. The molecule has 72 valence electrons. The van der Waals surface area contributed by atoms with Crippen LogP contribution in [-0.2, 0) is 14.3 Å². The highest BCUT2D eigenvalue weighted by Gasteiger charge is 2.55. The number of fused-ring (bicyclic) bond motifs is 1. The summed E-state index contributed by atoms with van der Waals surface area (Å²) < 4.78 is 5.13. The van der Waals surface area contributed by atoms with Gasteiger partial charge < -0.3 is 14.9 Å². The van der Waals surface area contributed by atoms with E-state index in [1.165, 1.54) is 4.90 Å². The van der Waals surface area contributed by atoms with E-state index in [1.807, 2.05) is 0 Å². The number of amides is 1. The quantitative estimate of drug-likeness (QED) is 0.508. The van der Waals surface area contributed by atoms with Gasteiger partial charge in [-0.25, -0.2) is 4.79 Å². The normalized spacial score (nSPS) is 37.2. The number of nitrogens with zero attached hydrogens (tertiary/aromatic N) is 1. The van der Waals surface area contributed by atoms with Crippen LogP contribution in [0.3, 0.4) is 0 Å². The maximum absolute atomic E-state index is 11.0. The molecule has 2 fully saturated rings. The molecule has 2 rings (SSSR count). The fourth-order valence-electron chi connectivity index (χ4n) is 1.73. The van der Waals surface area contributed by atoms with Crippen LogP contribution in [0.25, 0.3) is 0 Å². The molecule has 6 nitrogen and oxygen atoms in total. The van der Waals surface area contributed by atoms with Crippen LogP contribution in [-0.4, -0.2) is 52.0 Å². The van der Waals surface area contributed by atoms with Gasteiger partial charge in [0.05, 0.1) is 13.0 Å². The first-order valence-corrected chi connectivity index (χ1v) is 3.95. The lowest BCUT2D eigenvalue weighted by Gasteiger charge is -2.34. The molecule has 3 unspecified atom stereocenters.